The standard InChI is InChI=1S/C70H90N18O17S2/c71-28-26-57(93)88-31-7-13-54(88)68(104)83-49(32-38-14-18-42(89)19-15-38)65(101)86-53-37-107-106-36-52(60(73)96)85-63(99)48(23-25-58(94)95)81-66(102)51(34-41-35-78-45-11-5-4-10-44(41)45)82-62(98)47(22-24-55(72)91)79-56(92)27-30-76-61(97)46(12-6-29-77-70(74)75)80-64(100)50(33-39-16-20-43(90)21-17-39)84-69(105)59(87-67(53)103)40-8-2-1-3-9-40/h1-5,8-11,14-21,35,46-54,59,78,89-90H,6-7,12-13,22-34,36-37,71H2,(H2,72,91)(H2,73,96)(H,76,97)(H,79,92)(H,80,100)(H,81,102)(H,82,98)(H,83,104)(H,84,105)(H,85,99)(H,86,101)(H,87,103)(H,94,95)(H4,74,75,77)/t46-,47-,48-,49-,50-,51-,52+,53-,54-,59-/m0/s1. The lowest BCUT2D eigenvalue weighted by atomic mass is 10.0. The molecule has 574 valence electrons. The first-order chi connectivity index (χ1) is 51.2. The fourth-order valence-electron chi connectivity index (χ4n) is 11.8. The highest BCUT2D eigenvalue weighted by molar-refractivity contribution is 8.76. The summed E-state index contributed by atoms with van der Waals surface area (Å²) < 4.78 is 0. The number of nitrogens with zero attached hydrogens (tertiary/aromatic N) is 1. The number of H-pyrrole nitrogens is 1. The van der Waals surface area contributed by atoms with Crippen molar-refractivity contribution in [1.82, 2.24) is 68.4 Å². The Labute approximate surface area is 622 Å². The van der Waals surface area contributed by atoms with Crippen molar-refractivity contribution in [3.05, 3.63) is 132 Å². The van der Waals surface area contributed by atoms with E-state index in [1.807, 2.05) is 0 Å². The number of fused-ring (bicyclic) bond motifs is 1. The third-order valence-electron chi connectivity index (χ3n) is 17.4. The zero-order valence-electron chi connectivity index (χ0n) is 58.2. The van der Waals surface area contributed by atoms with Crippen molar-refractivity contribution in [3.8, 4) is 11.5 Å². The minimum Gasteiger partial charge on any atom is -0.508 e. The topological polar surface area (TPSA) is 579 Å². The van der Waals surface area contributed by atoms with Crippen molar-refractivity contribution in [3.63, 3.8) is 0 Å². The molecule has 0 radical (unpaired) electrons. The number of carbonyl (C=O) groups excluding carboxylic acids is 13. The van der Waals surface area contributed by atoms with Gasteiger partial charge in [-0.25, -0.2) is 0 Å². The molecule has 7 rings (SSSR count). The van der Waals surface area contributed by atoms with Crippen molar-refractivity contribution in [1.29, 1.82) is 5.41 Å². The molecule has 0 bridgehead atoms. The highest BCUT2D eigenvalue weighted by Gasteiger charge is 2.39. The first kappa shape index (κ1) is 82.8. The van der Waals surface area contributed by atoms with E-state index in [1.54, 1.807) is 48.7 Å². The molecule has 35 nitrogen and oxygen atoms in total. The van der Waals surface area contributed by atoms with Gasteiger partial charge in [0.25, 0.3) is 0 Å². The summed E-state index contributed by atoms with van der Waals surface area (Å²) in [6, 6.07) is 10.1. The number of carbonyl (C=O) groups is 14. The summed E-state index contributed by atoms with van der Waals surface area (Å²) in [6.45, 7) is -0.202. The number of phenolic OH excluding ortho intramolecular Hbond substituents is 2. The molecule has 5 aromatic rings. The van der Waals surface area contributed by atoms with Gasteiger partial charge in [-0.2, -0.15) is 0 Å². The van der Waals surface area contributed by atoms with E-state index in [0.717, 1.165) is 21.6 Å². The number of benzene rings is 4. The van der Waals surface area contributed by atoms with Crippen molar-refractivity contribution in [2.24, 2.45) is 22.9 Å². The Morgan fingerprint density at radius 2 is 1.21 bits per heavy atom. The van der Waals surface area contributed by atoms with Crippen molar-refractivity contribution >= 4 is 121 Å². The number of amides is 13. The van der Waals surface area contributed by atoms with Crippen LogP contribution in [0.5, 0.6) is 11.5 Å². The molecule has 0 aliphatic carbocycles. The number of guanidine groups is 1. The number of likely N-dealkylation sites (tertiary alicyclic amines) is 1. The molecule has 0 spiro atoms. The number of carboxylic acid groups (broad SMARTS) is 1. The first-order valence-corrected chi connectivity index (χ1v) is 36.9. The van der Waals surface area contributed by atoms with Gasteiger partial charge >= 0.3 is 5.97 Å². The monoisotopic (exact) mass is 1520 g/mol. The average molecular weight is 1520 g/mol. The molecule has 2 fully saturated rings. The van der Waals surface area contributed by atoms with Crippen LogP contribution < -0.4 is 81.4 Å². The maximum absolute atomic E-state index is 15.3. The fraction of sp³-hybridized carbons (Fsp3) is 0.414. The molecule has 0 unspecified atom stereocenters. The average Bonchev–Trinajstić information content (AvgIpc) is 1.78. The zero-order chi connectivity index (χ0) is 77.7. The van der Waals surface area contributed by atoms with Crippen molar-refractivity contribution in [2.45, 2.75) is 144 Å². The maximum atomic E-state index is 15.3. The molecule has 4 aromatic carbocycles. The number of hydrogen-bond acceptors (Lipinski definition) is 20. The van der Waals surface area contributed by atoms with Crippen LogP contribution in [-0.2, 0) is 86.4 Å². The van der Waals surface area contributed by atoms with E-state index < -0.39 is 199 Å². The van der Waals surface area contributed by atoms with E-state index in [-0.39, 0.29) is 81.6 Å². The summed E-state index contributed by atoms with van der Waals surface area (Å²) in [5.41, 5.74) is 24.6. The van der Waals surface area contributed by atoms with Crippen molar-refractivity contribution < 1.29 is 82.4 Å². The Balaban J connectivity index is 1.29. The Kier molecular flexibility index (Phi) is 32.0. The van der Waals surface area contributed by atoms with Gasteiger partial charge in [-0.3, -0.25) is 72.5 Å². The summed E-state index contributed by atoms with van der Waals surface area (Å²) in [6.07, 6.45) is -1.54. The molecule has 24 N–H and O–H groups in total. The Morgan fingerprint density at radius 3 is 1.87 bits per heavy atom. The number of phenols is 2. The van der Waals surface area contributed by atoms with Crippen LogP contribution in [0, 0.1) is 5.41 Å². The molecule has 2 aliphatic heterocycles. The van der Waals surface area contributed by atoms with Gasteiger partial charge in [-0.05, 0) is 91.1 Å². The van der Waals surface area contributed by atoms with E-state index in [1.165, 1.54) is 65.6 Å². The predicted molar refractivity (Wildman–Crippen MR) is 393 cm³/mol. The van der Waals surface area contributed by atoms with Crippen LogP contribution in [0.15, 0.2) is 109 Å². The normalized spacial score (nSPS) is 21.8. The van der Waals surface area contributed by atoms with Gasteiger partial charge in [0, 0.05) is 99.7 Å². The molecular weight excluding hydrogens is 1430 g/mol. The number of aromatic nitrogens is 1. The highest BCUT2D eigenvalue weighted by Crippen LogP contribution is 2.26. The second-order valence-electron chi connectivity index (χ2n) is 25.4. The minimum absolute atomic E-state index is 0.000210. The summed E-state index contributed by atoms with van der Waals surface area (Å²) >= 11 is 0. The lowest BCUT2D eigenvalue weighted by Crippen LogP contribution is -2.59. The predicted octanol–water partition coefficient (Wildman–Crippen LogP) is -2.54. The van der Waals surface area contributed by atoms with Crippen LogP contribution in [-0.4, -0.2) is 206 Å². The minimum atomic E-state index is -1.76. The van der Waals surface area contributed by atoms with Crippen LogP contribution in [0.2, 0.25) is 0 Å². The lowest BCUT2D eigenvalue weighted by Gasteiger charge is -2.29. The largest absolute Gasteiger partial charge is 0.508 e. The zero-order valence-corrected chi connectivity index (χ0v) is 59.9. The molecule has 3 heterocycles. The summed E-state index contributed by atoms with van der Waals surface area (Å²) in [7, 11) is 1.67. The Bertz CT molecular complexity index is 4000. The van der Waals surface area contributed by atoms with Crippen LogP contribution in [0.4, 0.5) is 0 Å². The van der Waals surface area contributed by atoms with Gasteiger partial charge in [-0.1, -0.05) is 94.4 Å². The summed E-state index contributed by atoms with van der Waals surface area (Å²) in [5, 5.41) is 67.3. The number of para-hydroxylation sites is 1. The van der Waals surface area contributed by atoms with E-state index in [9.17, 15) is 68.1 Å². The molecule has 2 saturated heterocycles. The molecule has 2 aliphatic rings. The smallest absolute Gasteiger partial charge is 0.303 e. The number of aromatic amines is 1. The number of aliphatic carboxylic acids is 1. The Hall–Kier alpha value is -11.5. The number of hydrogen-bond donors (Lipinski definition) is 20. The summed E-state index contributed by atoms with van der Waals surface area (Å²) in [5.74, 6) is -15.0. The van der Waals surface area contributed by atoms with Gasteiger partial charge in [-0.15, -0.1) is 0 Å². The third-order valence-corrected chi connectivity index (χ3v) is 19.8. The van der Waals surface area contributed by atoms with E-state index in [4.69, 9.17) is 28.3 Å². The van der Waals surface area contributed by atoms with Gasteiger partial charge in [0.05, 0.1) is 0 Å². The second kappa shape index (κ2) is 41.3. The quantitative estimate of drug-likeness (QED) is 0.0131. The van der Waals surface area contributed by atoms with Gasteiger partial charge in [0.1, 0.15) is 71.9 Å². The number of carboxylic acids is 1. The van der Waals surface area contributed by atoms with E-state index >= 15 is 14.4 Å². The van der Waals surface area contributed by atoms with Crippen molar-refractivity contribution in [2.75, 3.05) is 37.7 Å². The first-order valence-electron chi connectivity index (χ1n) is 34.4. The fourth-order valence-corrected chi connectivity index (χ4v) is 14.1. The Morgan fingerprint density at radius 1 is 0.626 bits per heavy atom. The molecular formula is C70H90N18O17S2. The third kappa shape index (κ3) is 26.3. The van der Waals surface area contributed by atoms with Gasteiger partial charge in [0.15, 0.2) is 5.96 Å². The van der Waals surface area contributed by atoms with E-state index in [2.05, 4.69) is 63.5 Å². The van der Waals surface area contributed by atoms with E-state index in [0.29, 0.717) is 34.0 Å². The second-order valence-corrected chi connectivity index (χ2v) is 28.0. The molecule has 107 heavy (non-hydrogen) atoms. The molecule has 13 amide bonds. The molecule has 37 heteroatoms. The lowest BCUT2D eigenvalue weighted by molar-refractivity contribution is -0.139. The summed E-state index contributed by atoms with van der Waals surface area (Å²) in [4.78, 5) is 202. The number of primary amides is 2. The van der Waals surface area contributed by atoms with Crippen LogP contribution in [0.1, 0.15) is 92.5 Å². The number of aromatic hydroxyl groups is 2. The number of nitrogens with two attached hydrogens (primary N) is 4. The van der Waals surface area contributed by atoms with Crippen LogP contribution >= 0.6 is 21.6 Å². The van der Waals surface area contributed by atoms with Crippen LogP contribution in [0.25, 0.3) is 10.9 Å². The molecule has 0 saturated carbocycles. The van der Waals surface area contributed by atoms with Gasteiger partial charge < -0.3 is 107 Å². The number of rotatable bonds is 24. The van der Waals surface area contributed by atoms with Gasteiger partial charge in [0.2, 0.25) is 76.8 Å². The molecule has 10 atom stereocenters. The SMILES string of the molecule is N=C(N)NCCC[C@@H]1NC(=O)[C@H](Cc2ccc(O)cc2)NC(=O)[C@H](c2ccccc2)NC(=O)[C@@H](NC(=O)[C@H](Cc2ccc(O)cc2)NC(=O)[C@@H]2CCCN2C(=O)CCN)CSSC[C@H](C(N)=O)NC(=O)[C@H](CCC(=O)O)NC(=O)[C@H](Cc2c[nH]c3ccccc23)NC(=O)[C@H](CCC(N)=O)NC(=O)CCNC1=O. The highest BCUT2D eigenvalue weighted by atomic mass is 33.1. The van der Waals surface area contributed by atoms with Crippen LogP contribution in [0.3, 0.4) is 0 Å². The molecule has 1 aromatic heterocycles. The maximum Gasteiger partial charge on any atom is 0.303 e. The number of nitrogens with one attached hydrogen (secondary N) is 13.